The van der Waals surface area contributed by atoms with Crippen LogP contribution < -0.4 is 14.4 Å². The van der Waals surface area contributed by atoms with E-state index in [9.17, 15) is 4.79 Å². The number of benzene rings is 1. The number of rotatable bonds is 9. The van der Waals surface area contributed by atoms with Crippen LogP contribution in [-0.4, -0.2) is 69.4 Å². The van der Waals surface area contributed by atoms with E-state index in [-0.39, 0.29) is 11.8 Å². The standard InChI is InChI=1S/C24H33N3O4S/c1-29-21-9-8-19(16-22(21)30-2)20-17-32-24(25-20)27(23(28)18-6-3-4-7-18)11-5-10-26-12-14-31-15-13-26/h8-9,16-18H,3-7,10-15H2,1-2H3. The van der Waals surface area contributed by atoms with E-state index in [2.05, 4.69) is 4.90 Å². The van der Waals surface area contributed by atoms with Crippen molar-refractivity contribution in [3.8, 4) is 22.8 Å². The molecule has 1 aromatic carbocycles. The van der Waals surface area contributed by atoms with E-state index >= 15 is 0 Å². The summed E-state index contributed by atoms with van der Waals surface area (Å²) in [7, 11) is 3.26. The highest BCUT2D eigenvalue weighted by molar-refractivity contribution is 7.14. The molecule has 2 aliphatic rings. The van der Waals surface area contributed by atoms with Crippen molar-refractivity contribution in [1.82, 2.24) is 9.88 Å². The largest absolute Gasteiger partial charge is 0.493 e. The van der Waals surface area contributed by atoms with Crippen molar-refractivity contribution in [2.45, 2.75) is 32.1 Å². The van der Waals surface area contributed by atoms with Crippen LogP contribution in [0.1, 0.15) is 32.1 Å². The van der Waals surface area contributed by atoms with Crippen LogP contribution in [0, 0.1) is 5.92 Å². The maximum absolute atomic E-state index is 13.4. The number of hydrogen-bond donors (Lipinski definition) is 0. The van der Waals surface area contributed by atoms with Gasteiger partial charge in [-0.3, -0.25) is 14.6 Å². The minimum atomic E-state index is 0.131. The van der Waals surface area contributed by atoms with Crippen LogP contribution in [0.5, 0.6) is 11.5 Å². The fourth-order valence-electron chi connectivity index (χ4n) is 4.49. The van der Waals surface area contributed by atoms with E-state index in [0.717, 1.165) is 81.3 Å². The van der Waals surface area contributed by atoms with Gasteiger partial charge in [0.1, 0.15) is 0 Å². The smallest absolute Gasteiger partial charge is 0.231 e. The Morgan fingerprint density at radius 1 is 1.19 bits per heavy atom. The van der Waals surface area contributed by atoms with Gasteiger partial charge in [0.15, 0.2) is 16.6 Å². The van der Waals surface area contributed by atoms with Gasteiger partial charge < -0.3 is 14.2 Å². The molecule has 1 aliphatic carbocycles. The van der Waals surface area contributed by atoms with Gasteiger partial charge in [-0.25, -0.2) is 4.98 Å². The number of thiazole rings is 1. The first-order chi connectivity index (χ1) is 15.7. The first-order valence-electron chi connectivity index (χ1n) is 11.5. The summed E-state index contributed by atoms with van der Waals surface area (Å²) in [6, 6.07) is 5.79. The van der Waals surface area contributed by atoms with Gasteiger partial charge in [0.25, 0.3) is 0 Å². The molecule has 1 amide bonds. The second kappa shape index (κ2) is 11.1. The Bertz CT molecular complexity index is 891. The normalized spacial score (nSPS) is 17.4. The average molecular weight is 460 g/mol. The number of nitrogens with zero attached hydrogens (tertiary/aromatic N) is 3. The van der Waals surface area contributed by atoms with E-state index in [1.165, 1.54) is 11.3 Å². The van der Waals surface area contributed by atoms with Crippen LogP contribution >= 0.6 is 11.3 Å². The Morgan fingerprint density at radius 2 is 1.94 bits per heavy atom. The molecular formula is C24H33N3O4S. The maximum atomic E-state index is 13.4. The quantitative estimate of drug-likeness (QED) is 0.563. The third-order valence-electron chi connectivity index (χ3n) is 6.33. The molecule has 32 heavy (non-hydrogen) atoms. The fraction of sp³-hybridized carbons (Fsp3) is 0.583. The van der Waals surface area contributed by atoms with E-state index in [0.29, 0.717) is 18.0 Å². The Morgan fingerprint density at radius 3 is 2.66 bits per heavy atom. The zero-order valence-electron chi connectivity index (χ0n) is 19.0. The summed E-state index contributed by atoms with van der Waals surface area (Å²) in [4.78, 5) is 22.6. The molecule has 174 valence electrons. The van der Waals surface area contributed by atoms with E-state index < -0.39 is 0 Å². The summed E-state index contributed by atoms with van der Waals surface area (Å²) in [5, 5.41) is 2.81. The molecule has 1 aromatic heterocycles. The van der Waals surface area contributed by atoms with Crippen LogP contribution in [-0.2, 0) is 9.53 Å². The van der Waals surface area contributed by atoms with Crippen LogP contribution in [0.25, 0.3) is 11.3 Å². The topological polar surface area (TPSA) is 64.1 Å². The molecule has 0 spiro atoms. The molecule has 2 heterocycles. The number of carbonyl (C=O) groups is 1. The van der Waals surface area contributed by atoms with Crippen LogP contribution in [0.3, 0.4) is 0 Å². The third-order valence-corrected chi connectivity index (χ3v) is 7.20. The lowest BCUT2D eigenvalue weighted by Gasteiger charge is -2.28. The van der Waals surface area contributed by atoms with Crippen molar-refractivity contribution < 1.29 is 19.0 Å². The summed E-state index contributed by atoms with van der Waals surface area (Å²) in [6.45, 7) is 5.21. The Kier molecular flexibility index (Phi) is 8.00. The van der Waals surface area contributed by atoms with Crippen LogP contribution in [0.4, 0.5) is 5.13 Å². The third kappa shape index (κ3) is 5.42. The van der Waals surface area contributed by atoms with Gasteiger partial charge in [-0.2, -0.15) is 0 Å². The van der Waals surface area contributed by atoms with Crippen molar-refractivity contribution >= 4 is 22.4 Å². The fourth-order valence-corrected chi connectivity index (χ4v) is 5.35. The Labute approximate surface area is 194 Å². The zero-order valence-corrected chi connectivity index (χ0v) is 19.9. The number of hydrogen-bond acceptors (Lipinski definition) is 7. The molecule has 2 fully saturated rings. The van der Waals surface area contributed by atoms with Crippen molar-refractivity contribution in [1.29, 1.82) is 0 Å². The number of methoxy groups -OCH3 is 2. The molecule has 1 saturated carbocycles. The van der Waals surface area contributed by atoms with Gasteiger partial charge in [0, 0.05) is 43.0 Å². The minimum Gasteiger partial charge on any atom is -0.493 e. The number of ether oxygens (including phenoxy) is 3. The second-order valence-electron chi connectivity index (χ2n) is 8.36. The van der Waals surface area contributed by atoms with E-state index in [1.54, 1.807) is 14.2 Å². The van der Waals surface area contributed by atoms with Gasteiger partial charge in [0.05, 0.1) is 33.1 Å². The average Bonchev–Trinajstić information content (AvgIpc) is 3.54. The van der Waals surface area contributed by atoms with Gasteiger partial charge in [-0.1, -0.05) is 12.8 Å². The first-order valence-corrected chi connectivity index (χ1v) is 12.4. The zero-order chi connectivity index (χ0) is 22.3. The summed E-state index contributed by atoms with van der Waals surface area (Å²) < 4.78 is 16.2. The minimum absolute atomic E-state index is 0.131. The lowest BCUT2D eigenvalue weighted by molar-refractivity contribution is -0.122. The van der Waals surface area contributed by atoms with Crippen molar-refractivity contribution in [3.63, 3.8) is 0 Å². The number of amides is 1. The summed E-state index contributed by atoms with van der Waals surface area (Å²) in [5.74, 6) is 1.72. The highest BCUT2D eigenvalue weighted by Gasteiger charge is 2.29. The highest BCUT2D eigenvalue weighted by atomic mass is 32.1. The SMILES string of the molecule is COc1ccc(-c2csc(N(CCCN3CCOCC3)C(=O)C3CCCC3)n2)cc1OC. The number of anilines is 1. The van der Waals surface area contributed by atoms with Crippen LogP contribution in [0.15, 0.2) is 23.6 Å². The summed E-state index contributed by atoms with van der Waals surface area (Å²) in [6.07, 6.45) is 5.21. The molecule has 1 aliphatic heterocycles. The lowest BCUT2D eigenvalue weighted by Crippen LogP contribution is -2.40. The molecule has 4 rings (SSSR count). The number of carbonyl (C=O) groups excluding carboxylic acids is 1. The Hall–Kier alpha value is -2.16. The molecule has 0 N–H and O–H groups in total. The Balaban J connectivity index is 1.50. The molecular weight excluding hydrogens is 426 g/mol. The summed E-state index contributed by atoms with van der Waals surface area (Å²) >= 11 is 1.54. The van der Waals surface area contributed by atoms with Crippen molar-refractivity contribution in [2.75, 3.05) is 58.5 Å². The van der Waals surface area contributed by atoms with Crippen molar-refractivity contribution in [3.05, 3.63) is 23.6 Å². The van der Waals surface area contributed by atoms with Crippen LogP contribution in [0.2, 0.25) is 0 Å². The monoisotopic (exact) mass is 459 g/mol. The molecule has 0 bridgehead atoms. The van der Waals surface area contributed by atoms with E-state index in [1.807, 2.05) is 28.5 Å². The molecule has 7 nitrogen and oxygen atoms in total. The van der Waals surface area contributed by atoms with Gasteiger partial charge >= 0.3 is 0 Å². The highest BCUT2D eigenvalue weighted by Crippen LogP contribution is 2.35. The molecule has 0 radical (unpaired) electrons. The first kappa shape index (κ1) is 23.0. The molecule has 2 aromatic rings. The molecule has 0 atom stereocenters. The van der Waals surface area contributed by atoms with E-state index in [4.69, 9.17) is 19.2 Å². The lowest BCUT2D eigenvalue weighted by atomic mass is 10.1. The van der Waals surface area contributed by atoms with Gasteiger partial charge in [-0.05, 0) is 37.5 Å². The predicted octanol–water partition coefficient (Wildman–Crippen LogP) is 4.07. The second-order valence-corrected chi connectivity index (χ2v) is 9.20. The number of aromatic nitrogens is 1. The predicted molar refractivity (Wildman–Crippen MR) is 127 cm³/mol. The number of morpholine rings is 1. The molecule has 1 saturated heterocycles. The molecule has 0 unspecified atom stereocenters. The van der Waals surface area contributed by atoms with Crippen molar-refractivity contribution in [2.24, 2.45) is 5.92 Å². The maximum Gasteiger partial charge on any atom is 0.231 e. The van der Waals surface area contributed by atoms with Gasteiger partial charge in [-0.15, -0.1) is 11.3 Å². The van der Waals surface area contributed by atoms with Gasteiger partial charge in [0.2, 0.25) is 5.91 Å². The summed E-state index contributed by atoms with van der Waals surface area (Å²) in [5.41, 5.74) is 1.80. The molecule has 8 heteroatoms.